The van der Waals surface area contributed by atoms with Gasteiger partial charge in [0.25, 0.3) is 0 Å². The average Bonchev–Trinajstić information content (AvgIpc) is 2.71. The highest BCUT2D eigenvalue weighted by Gasteiger charge is 2.48. The van der Waals surface area contributed by atoms with E-state index in [-0.39, 0.29) is 5.92 Å². The summed E-state index contributed by atoms with van der Waals surface area (Å²) in [6.07, 6.45) is 7.06. The number of aromatic nitrogens is 1. The van der Waals surface area contributed by atoms with E-state index in [1.54, 1.807) is 12.3 Å². The number of hydrogen-bond acceptors (Lipinski definition) is 4. The van der Waals surface area contributed by atoms with Crippen LogP contribution in [0.5, 0.6) is 0 Å². The molecule has 3 atom stereocenters. The van der Waals surface area contributed by atoms with Gasteiger partial charge in [-0.3, -0.25) is 9.88 Å². The van der Waals surface area contributed by atoms with Crippen LogP contribution in [0.3, 0.4) is 0 Å². The van der Waals surface area contributed by atoms with E-state index >= 15 is 0 Å². The molecular weight excluding hydrogens is 322 g/mol. The molecular formula is C22H25N3O. The second kappa shape index (κ2) is 7.19. The first-order valence-electron chi connectivity index (χ1n) is 9.58. The van der Waals surface area contributed by atoms with E-state index in [0.29, 0.717) is 11.6 Å². The standard InChI is InChI=1S/C22H25N3O/c23-15-17-10-12-24-19(14-17)16-25-13-11-22(26,18-6-2-1-3-7-18)20-8-4-5-9-21(20)25/h1-3,6-7,10,12,14,20-21,26H,4-5,8-9,11,13,16H2/t20-,21+,22+/m1/s1. The van der Waals surface area contributed by atoms with Crippen LogP contribution in [0.2, 0.25) is 0 Å². The number of nitrogens with zero attached hydrogens (tertiary/aromatic N) is 3. The Morgan fingerprint density at radius 3 is 2.81 bits per heavy atom. The molecule has 2 heterocycles. The van der Waals surface area contributed by atoms with Gasteiger partial charge in [0.05, 0.1) is 22.9 Å². The highest BCUT2D eigenvalue weighted by atomic mass is 16.3. The first-order chi connectivity index (χ1) is 12.7. The summed E-state index contributed by atoms with van der Waals surface area (Å²) >= 11 is 0. The molecule has 1 aliphatic carbocycles. The summed E-state index contributed by atoms with van der Waals surface area (Å²) in [5.41, 5.74) is 1.93. The van der Waals surface area contributed by atoms with Gasteiger partial charge in [-0.05, 0) is 37.0 Å². The Labute approximate surface area is 155 Å². The number of pyridine rings is 1. The average molecular weight is 347 g/mol. The molecule has 1 aliphatic heterocycles. The van der Waals surface area contributed by atoms with Gasteiger partial charge >= 0.3 is 0 Å². The van der Waals surface area contributed by atoms with Gasteiger partial charge in [0.1, 0.15) is 0 Å². The number of aliphatic hydroxyl groups is 1. The fourth-order valence-corrected chi connectivity index (χ4v) is 4.89. The van der Waals surface area contributed by atoms with E-state index in [1.807, 2.05) is 24.3 Å². The summed E-state index contributed by atoms with van der Waals surface area (Å²) < 4.78 is 0. The Balaban J connectivity index is 1.59. The molecule has 1 saturated carbocycles. The molecule has 134 valence electrons. The molecule has 2 aliphatic rings. The van der Waals surface area contributed by atoms with Crippen molar-refractivity contribution in [2.75, 3.05) is 6.54 Å². The summed E-state index contributed by atoms with van der Waals surface area (Å²) in [6, 6.07) is 16.4. The van der Waals surface area contributed by atoms with Crippen LogP contribution < -0.4 is 0 Å². The monoisotopic (exact) mass is 347 g/mol. The Morgan fingerprint density at radius 1 is 1.19 bits per heavy atom. The summed E-state index contributed by atoms with van der Waals surface area (Å²) in [4.78, 5) is 6.94. The quantitative estimate of drug-likeness (QED) is 0.921. The summed E-state index contributed by atoms with van der Waals surface area (Å²) in [5, 5.41) is 20.7. The number of rotatable bonds is 3. The zero-order valence-electron chi connectivity index (χ0n) is 15.0. The van der Waals surface area contributed by atoms with Crippen LogP contribution in [0.25, 0.3) is 0 Å². The van der Waals surface area contributed by atoms with E-state index in [1.165, 1.54) is 12.8 Å². The van der Waals surface area contributed by atoms with E-state index < -0.39 is 5.60 Å². The molecule has 0 amide bonds. The van der Waals surface area contributed by atoms with Crippen molar-refractivity contribution in [3.8, 4) is 6.07 Å². The molecule has 0 unspecified atom stereocenters. The van der Waals surface area contributed by atoms with Crippen LogP contribution in [0.1, 0.15) is 48.9 Å². The third-order valence-electron chi connectivity index (χ3n) is 6.18. The number of hydrogen-bond donors (Lipinski definition) is 1. The summed E-state index contributed by atoms with van der Waals surface area (Å²) in [6.45, 7) is 1.60. The minimum absolute atomic E-state index is 0.256. The Hall–Kier alpha value is -2.22. The Morgan fingerprint density at radius 2 is 2.00 bits per heavy atom. The van der Waals surface area contributed by atoms with Crippen molar-refractivity contribution in [2.24, 2.45) is 5.92 Å². The number of fused-ring (bicyclic) bond motifs is 1. The molecule has 4 heteroatoms. The minimum Gasteiger partial charge on any atom is -0.385 e. The van der Waals surface area contributed by atoms with Crippen LogP contribution in [-0.2, 0) is 12.1 Å². The normalized spacial score (nSPS) is 28.9. The molecule has 2 fully saturated rings. The lowest BCUT2D eigenvalue weighted by Crippen LogP contribution is -2.57. The van der Waals surface area contributed by atoms with Crippen LogP contribution in [0.15, 0.2) is 48.7 Å². The van der Waals surface area contributed by atoms with E-state index in [2.05, 4.69) is 28.1 Å². The SMILES string of the molecule is N#Cc1ccnc(CN2CC[C@](O)(c3ccccc3)[C@@H]3CCCC[C@@H]32)c1. The highest BCUT2D eigenvalue weighted by molar-refractivity contribution is 5.29. The predicted octanol–water partition coefficient (Wildman–Crippen LogP) is 3.61. The maximum atomic E-state index is 11.6. The molecule has 1 aromatic carbocycles. The number of likely N-dealkylation sites (tertiary alicyclic amines) is 1. The zero-order chi connectivity index (χ0) is 18.0. The van der Waals surface area contributed by atoms with Gasteiger partial charge in [0.15, 0.2) is 0 Å². The van der Waals surface area contributed by atoms with Gasteiger partial charge in [-0.25, -0.2) is 0 Å². The highest BCUT2D eigenvalue weighted by Crippen LogP contribution is 2.47. The van der Waals surface area contributed by atoms with Crippen molar-refractivity contribution in [3.63, 3.8) is 0 Å². The first kappa shape index (κ1) is 17.2. The van der Waals surface area contributed by atoms with Crippen LogP contribution in [0.4, 0.5) is 0 Å². The van der Waals surface area contributed by atoms with Crippen molar-refractivity contribution < 1.29 is 5.11 Å². The molecule has 0 bridgehead atoms. The van der Waals surface area contributed by atoms with Gasteiger partial charge in [0.2, 0.25) is 0 Å². The van der Waals surface area contributed by atoms with Gasteiger partial charge < -0.3 is 5.11 Å². The lowest BCUT2D eigenvalue weighted by atomic mass is 9.66. The minimum atomic E-state index is -0.731. The van der Waals surface area contributed by atoms with Gasteiger partial charge in [-0.2, -0.15) is 5.26 Å². The van der Waals surface area contributed by atoms with Crippen molar-refractivity contribution in [1.82, 2.24) is 9.88 Å². The van der Waals surface area contributed by atoms with Crippen molar-refractivity contribution in [1.29, 1.82) is 5.26 Å². The van der Waals surface area contributed by atoms with E-state index in [9.17, 15) is 5.11 Å². The molecule has 4 nitrogen and oxygen atoms in total. The second-order valence-corrected chi connectivity index (χ2v) is 7.62. The first-order valence-corrected chi connectivity index (χ1v) is 9.58. The van der Waals surface area contributed by atoms with Crippen molar-refractivity contribution in [2.45, 2.75) is 50.3 Å². The van der Waals surface area contributed by atoms with Crippen LogP contribution >= 0.6 is 0 Å². The van der Waals surface area contributed by atoms with Crippen LogP contribution in [0, 0.1) is 17.2 Å². The number of benzene rings is 1. The third-order valence-corrected chi connectivity index (χ3v) is 6.18. The molecule has 1 saturated heterocycles. The molecule has 4 rings (SSSR count). The zero-order valence-corrected chi connectivity index (χ0v) is 15.0. The van der Waals surface area contributed by atoms with Gasteiger partial charge in [-0.15, -0.1) is 0 Å². The van der Waals surface area contributed by atoms with Crippen LogP contribution in [-0.4, -0.2) is 27.6 Å². The van der Waals surface area contributed by atoms with Gasteiger partial charge in [0, 0.05) is 31.2 Å². The lowest BCUT2D eigenvalue weighted by Gasteiger charge is -2.52. The van der Waals surface area contributed by atoms with E-state index in [4.69, 9.17) is 5.26 Å². The predicted molar refractivity (Wildman–Crippen MR) is 100 cm³/mol. The Kier molecular flexibility index (Phi) is 4.76. The topological polar surface area (TPSA) is 60.2 Å². The molecule has 1 aromatic heterocycles. The molecule has 1 N–H and O–H groups in total. The largest absolute Gasteiger partial charge is 0.385 e. The Bertz CT molecular complexity index is 801. The number of piperidine rings is 1. The van der Waals surface area contributed by atoms with Gasteiger partial charge in [-0.1, -0.05) is 43.2 Å². The maximum Gasteiger partial charge on any atom is 0.0992 e. The summed E-state index contributed by atoms with van der Waals surface area (Å²) in [7, 11) is 0. The maximum absolute atomic E-state index is 11.6. The lowest BCUT2D eigenvalue weighted by molar-refractivity contribution is -0.123. The molecule has 0 radical (unpaired) electrons. The third kappa shape index (κ3) is 3.13. The van der Waals surface area contributed by atoms with E-state index in [0.717, 1.165) is 43.6 Å². The van der Waals surface area contributed by atoms with Crippen molar-refractivity contribution >= 4 is 0 Å². The molecule has 26 heavy (non-hydrogen) atoms. The second-order valence-electron chi connectivity index (χ2n) is 7.62. The number of nitriles is 1. The molecule has 0 spiro atoms. The smallest absolute Gasteiger partial charge is 0.0992 e. The summed E-state index contributed by atoms with van der Waals surface area (Å²) in [5.74, 6) is 0.256. The molecule has 2 aromatic rings. The fraction of sp³-hybridized carbons (Fsp3) is 0.455. The van der Waals surface area contributed by atoms with Crippen molar-refractivity contribution in [3.05, 3.63) is 65.5 Å². The fourth-order valence-electron chi connectivity index (χ4n) is 4.89.